The van der Waals surface area contributed by atoms with Gasteiger partial charge in [0.2, 0.25) is 5.91 Å². The Morgan fingerprint density at radius 3 is 2.94 bits per heavy atom. The fraction of sp³-hybridized carbons (Fsp3) is 0.273. The zero-order valence-electron chi connectivity index (χ0n) is 8.80. The Balaban J connectivity index is 2.09. The Kier molecular flexibility index (Phi) is 3.28. The van der Waals surface area contributed by atoms with E-state index in [4.69, 9.17) is 11.6 Å². The average Bonchev–Trinajstić information content (AvgIpc) is 2.67. The number of rotatable bonds is 2. The summed E-state index contributed by atoms with van der Waals surface area (Å²) in [5.74, 6) is -1.32. The largest absolute Gasteiger partial charge is 0.354 e. The molecule has 1 saturated heterocycles. The minimum Gasteiger partial charge on any atom is -0.354 e. The van der Waals surface area contributed by atoms with Gasteiger partial charge in [0.1, 0.15) is 5.82 Å². The molecule has 4 nitrogen and oxygen atoms in total. The fourth-order valence-electron chi connectivity index (χ4n) is 1.64. The lowest BCUT2D eigenvalue weighted by atomic mass is 10.1. The van der Waals surface area contributed by atoms with E-state index in [1.807, 2.05) is 0 Å². The zero-order chi connectivity index (χ0) is 12.4. The average molecular weight is 257 g/mol. The van der Waals surface area contributed by atoms with Gasteiger partial charge in [-0.3, -0.25) is 9.59 Å². The third kappa shape index (κ3) is 2.74. The summed E-state index contributed by atoms with van der Waals surface area (Å²) in [5, 5.41) is 5.44. The second kappa shape index (κ2) is 4.71. The molecule has 0 bridgehead atoms. The van der Waals surface area contributed by atoms with Crippen molar-refractivity contribution in [1.29, 1.82) is 0 Å². The van der Waals surface area contributed by atoms with Gasteiger partial charge in [-0.15, -0.1) is 0 Å². The Morgan fingerprint density at radius 2 is 2.29 bits per heavy atom. The summed E-state index contributed by atoms with van der Waals surface area (Å²) in [6, 6.07) is 3.47. The van der Waals surface area contributed by atoms with Gasteiger partial charge in [-0.2, -0.15) is 0 Å². The fourth-order valence-corrected chi connectivity index (χ4v) is 1.81. The van der Waals surface area contributed by atoms with Crippen LogP contribution in [0.1, 0.15) is 16.8 Å². The number of carbonyl (C=O) groups excluding carboxylic acids is 2. The van der Waals surface area contributed by atoms with E-state index < -0.39 is 11.7 Å². The Labute approximate surface area is 102 Å². The molecular weight excluding hydrogens is 247 g/mol. The first-order chi connectivity index (χ1) is 8.06. The van der Waals surface area contributed by atoms with Crippen LogP contribution in [0.4, 0.5) is 4.39 Å². The number of benzene rings is 1. The molecule has 0 aliphatic carbocycles. The highest BCUT2D eigenvalue weighted by Gasteiger charge is 2.24. The second-order valence-corrected chi connectivity index (χ2v) is 4.24. The molecule has 1 heterocycles. The molecule has 0 radical (unpaired) electrons. The molecule has 0 saturated carbocycles. The highest BCUT2D eigenvalue weighted by molar-refractivity contribution is 6.31. The lowest BCUT2D eigenvalue weighted by Crippen LogP contribution is -2.36. The van der Waals surface area contributed by atoms with Crippen LogP contribution in [0.2, 0.25) is 5.02 Å². The van der Waals surface area contributed by atoms with E-state index in [1.165, 1.54) is 12.1 Å². The van der Waals surface area contributed by atoms with Crippen LogP contribution in [-0.4, -0.2) is 24.4 Å². The Morgan fingerprint density at radius 1 is 1.53 bits per heavy atom. The molecule has 1 aromatic rings. The van der Waals surface area contributed by atoms with Crippen LogP contribution in [0, 0.1) is 5.82 Å². The molecule has 0 spiro atoms. The SMILES string of the molecule is O=C1CC(NC(=O)c2cc(Cl)ccc2F)CN1. The molecule has 17 heavy (non-hydrogen) atoms. The van der Waals surface area contributed by atoms with Crippen molar-refractivity contribution in [2.24, 2.45) is 0 Å². The van der Waals surface area contributed by atoms with E-state index in [2.05, 4.69) is 10.6 Å². The van der Waals surface area contributed by atoms with Crippen molar-refractivity contribution >= 4 is 23.4 Å². The third-order valence-electron chi connectivity index (χ3n) is 2.49. The van der Waals surface area contributed by atoms with Crippen LogP contribution in [0.25, 0.3) is 0 Å². The summed E-state index contributed by atoms with van der Waals surface area (Å²) in [4.78, 5) is 22.7. The van der Waals surface area contributed by atoms with Gasteiger partial charge in [0, 0.05) is 18.0 Å². The van der Waals surface area contributed by atoms with Crippen molar-refractivity contribution in [2.45, 2.75) is 12.5 Å². The number of hydrogen-bond acceptors (Lipinski definition) is 2. The maximum Gasteiger partial charge on any atom is 0.254 e. The van der Waals surface area contributed by atoms with Gasteiger partial charge in [0.05, 0.1) is 11.6 Å². The molecule has 90 valence electrons. The van der Waals surface area contributed by atoms with Crippen LogP contribution in [0.15, 0.2) is 18.2 Å². The summed E-state index contributed by atoms with van der Waals surface area (Å²) in [5.41, 5.74) is -0.114. The predicted octanol–water partition coefficient (Wildman–Crippen LogP) is 1.10. The molecule has 1 aliphatic heterocycles. The number of hydrogen-bond donors (Lipinski definition) is 2. The van der Waals surface area contributed by atoms with Crippen molar-refractivity contribution in [2.75, 3.05) is 6.54 Å². The number of amides is 2. The van der Waals surface area contributed by atoms with Crippen LogP contribution in [-0.2, 0) is 4.79 Å². The summed E-state index contributed by atoms with van der Waals surface area (Å²) in [6.45, 7) is 0.368. The molecule has 2 amide bonds. The number of halogens is 2. The molecular formula is C11H10ClFN2O2. The third-order valence-corrected chi connectivity index (χ3v) is 2.72. The van der Waals surface area contributed by atoms with Crippen LogP contribution >= 0.6 is 11.6 Å². The topological polar surface area (TPSA) is 58.2 Å². The normalized spacial score (nSPS) is 18.9. The standard InChI is InChI=1S/C11H10ClFN2O2/c12-6-1-2-9(13)8(3-6)11(17)15-7-4-10(16)14-5-7/h1-3,7H,4-5H2,(H,14,16)(H,15,17). The van der Waals surface area contributed by atoms with E-state index in [0.29, 0.717) is 6.54 Å². The Hall–Kier alpha value is -1.62. The molecule has 2 N–H and O–H groups in total. The molecule has 1 aliphatic rings. The van der Waals surface area contributed by atoms with Crippen LogP contribution in [0.5, 0.6) is 0 Å². The van der Waals surface area contributed by atoms with Crippen molar-refractivity contribution in [3.63, 3.8) is 0 Å². The van der Waals surface area contributed by atoms with E-state index in [9.17, 15) is 14.0 Å². The molecule has 1 fully saturated rings. The van der Waals surface area contributed by atoms with Crippen molar-refractivity contribution < 1.29 is 14.0 Å². The summed E-state index contributed by atoms with van der Waals surface area (Å²) in [7, 11) is 0. The smallest absolute Gasteiger partial charge is 0.254 e. The minimum absolute atomic E-state index is 0.114. The highest BCUT2D eigenvalue weighted by atomic mass is 35.5. The molecule has 1 unspecified atom stereocenters. The van der Waals surface area contributed by atoms with Gasteiger partial charge in [-0.1, -0.05) is 11.6 Å². The molecule has 1 aromatic carbocycles. The number of carbonyl (C=O) groups is 2. The maximum atomic E-state index is 13.4. The first-order valence-corrected chi connectivity index (χ1v) is 5.46. The van der Waals surface area contributed by atoms with E-state index in [1.54, 1.807) is 0 Å². The van der Waals surface area contributed by atoms with Gasteiger partial charge >= 0.3 is 0 Å². The van der Waals surface area contributed by atoms with Crippen LogP contribution < -0.4 is 10.6 Å². The summed E-state index contributed by atoms with van der Waals surface area (Å²) >= 11 is 5.69. The number of nitrogens with one attached hydrogen (secondary N) is 2. The first kappa shape index (κ1) is 11.9. The van der Waals surface area contributed by atoms with Crippen molar-refractivity contribution in [3.05, 3.63) is 34.6 Å². The zero-order valence-corrected chi connectivity index (χ0v) is 9.55. The monoisotopic (exact) mass is 256 g/mol. The summed E-state index contributed by atoms with van der Waals surface area (Å²) < 4.78 is 13.4. The van der Waals surface area contributed by atoms with Gasteiger partial charge in [-0.05, 0) is 18.2 Å². The van der Waals surface area contributed by atoms with Gasteiger partial charge < -0.3 is 10.6 Å². The quantitative estimate of drug-likeness (QED) is 0.832. The van der Waals surface area contributed by atoms with Gasteiger partial charge in [-0.25, -0.2) is 4.39 Å². The molecule has 1 atom stereocenters. The maximum absolute atomic E-state index is 13.4. The lowest BCUT2D eigenvalue weighted by Gasteiger charge is -2.10. The lowest BCUT2D eigenvalue weighted by molar-refractivity contribution is -0.119. The van der Waals surface area contributed by atoms with Crippen LogP contribution in [0.3, 0.4) is 0 Å². The van der Waals surface area contributed by atoms with Gasteiger partial charge in [0.15, 0.2) is 0 Å². The molecule has 2 rings (SSSR count). The van der Waals surface area contributed by atoms with E-state index in [-0.39, 0.29) is 29.0 Å². The molecule has 6 heteroatoms. The van der Waals surface area contributed by atoms with E-state index >= 15 is 0 Å². The summed E-state index contributed by atoms with van der Waals surface area (Å²) in [6.07, 6.45) is 0.216. The first-order valence-electron chi connectivity index (χ1n) is 5.09. The second-order valence-electron chi connectivity index (χ2n) is 3.80. The van der Waals surface area contributed by atoms with E-state index in [0.717, 1.165) is 6.07 Å². The predicted molar refractivity (Wildman–Crippen MR) is 60.3 cm³/mol. The Bertz CT molecular complexity index is 479. The minimum atomic E-state index is -0.635. The van der Waals surface area contributed by atoms with Crippen molar-refractivity contribution in [1.82, 2.24) is 10.6 Å². The van der Waals surface area contributed by atoms with Gasteiger partial charge in [0.25, 0.3) is 5.91 Å². The molecule has 0 aromatic heterocycles. The highest BCUT2D eigenvalue weighted by Crippen LogP contribution is 2.15. The van der Waals surface area contributed by atoms with Crippen molar-refractivity contribution in [3.8, 4) is 0 Å².